The molecule has 0 fully saturated rings. The van der Waals surface area contributed by atoms with Gasteiger partial charge in [0.1, 0.15) is 0 Å². The van der Waals surface area contributed by atoms with E-state index in [-0.39, 0.29) is 11.7 Å². The monoisotopic (exact) mass is 458 g/mol. The lowest BCUT2D eigenvalue weighted by Crippen LogP contribution is -2.16. The summed E-state index contributed by atoms with van der Waals surface area (Å²) in [6.07, 6.45) is 0. The average molecular weight is 459 g/mol. The first-order valence-electron chi connectivity index (χ1n) is 8.66. The Morgan fingerprint density at radius 3 is 2.36 bits per heavy atom. The lowest BCUT2D eigenvalue weighted by Gasteiger charge is -2.07. The Morgan fingerprint density at radius 1 is 1.14 bits per heavy atom. The summed E-state index contributed by atoms with van der Waals surface area (Å²) in [5.74, 6) is 0. The van der Waals surface area contributed by atoms with Gasteiger partial charge < -0.3 is 0 Å². The molecule has 0 spiro atoms. The molecular weight excluding hydrogens is 440 g/mol. The van der Waals surface area contributed by atoms with Crippen molar-refractivity contribution in [3.63, 3.8) is 0 Å². The van der Waals surface area contributed by atoms with Gasteiger partial charge in [0.2, 0.25) is 4.80 Å². The first-order valence-corrected chi connectivity index (χ1v) is 10.3. The summed E-state index contributed by atoms with van der Waals surface area (Å²) < 4.78 is 2.82. The molecule has 0 saturated heterocycles. The van der Waals surface area contributed by atoms with Crippen molar-refractivity contribution in [2.24, 2.45) is 10.1 Å². The van der Waals surface area contributed by atoms with Crippen molar-refractivity contribution in [3.05, 3.63) is 78.9 Å². The molecule has 3 aromatic rings. The fourth-order valence-electron chi connectivity index (χ4n) is 2.56. The van der Waals surface area contributed by atoms with Crippen LogP contribution in [0.4, 0.5) is 5.69 Å². The van der Waals surface area contributed by atoms with Gasteiger partial charge in [-0.2, -0.15) is 5.10 Å². The predicted octanol–water partition coefficient (Wildman–Crippen LogP) is 5.47. The predicted molar refractivity (Wildman–Crippen MR) is 117 cm³/mol. The van der Waals surface area contributed by atoms with E-state index in [9.17, 15) is 10.1 Å². The zero-order valence-electron chi connectivity index (χ0n) is 15.7. The molecule has 8 heteroatoms. The molecule has 3 rings (SSSR count). The van der Waals surface area contributed by atoms with Crippen molar-refractivity contribution < 1.29 is 4.92 Å². The van der Waals surface area contributed by atoms with E-state index in [0.717, 1.165) is 31.8 Å². The summed E-state index contributed by atoms with van der Waals surface area (Å²) in [6.45, 7) is 5.98. The highest BCUT2D eigenvalue weighted by atomic mass is 79.9. The van der Waals surface area contributed by atoms with E-state index in [1.165, 1.54) is 23.5 Å². The van der Waals surface area contributed by atoms with Gasteiger partial charge in [0.25, 0.3) is 5.69 Å². The van der Waals surface area contributed by atoms with Crippen LogP contribution >= 0.6 is 27.3 Å². The van der Waals surface area contributed by atoms with Gasteiger partial charge in [0, 0.05) is 33.6 Å². The van der Waals surface area contributed by atoms with E-state index < -0.39 is 4.92 Å². The maximum Gasteiger partial charge on any atom is 0.269 e. The molecule has 0 unspecified atom stereocenters. The number of halogens is 1. The van der Waals surface area contributed by atoms with E-state index >= 15 is 0 Å². The molecule has 0 radical (unpaired) electrons. The van der Waals surface area contributed by atoms with Crippen LogP contribution in [-0.4, -0.2) is 21.4 Å². The van der Waals surface area contributed by atoms with Gasteiger partial charge in [-0.1, -0.05) is 28.1 Å². The summed E-state index contributed by atoms with van der Waals surface area (Å²) in [7, 11) is 0. The normalized spacial score (nSPS) is 12.6. The number of hydrogen-bond donors (Lipinski definition) is 0. The van der Waals surface area contributed by atoms with Crippen molar-refractivity contribution in [1.82, 2.24) is 4.68 Å². The molecule has 0 bridgehead atoms. The van der Waals surface area contributed by atoms with Crippen LogP contribution < -0.4 is 4.80 Å². The molecule has 1 heterocycles. The van der Waals surface area contributed by atoms with E-state index in [0.29, 0.717) is 0 Å². The van der Waals surface area contributed by atoms with Crippen LogP contribution in [0.2, 0.25) is 0 Å². The molecule has 0 saturated carbocycles. The SMILES string of the molecule is CC(=Nn1c(-c2ccc([N+](=O)[O-])cc2)csc1=NC(C)C)c1ccc(Br)cc1. The van der Waals surface area contributed by atoms with Gasteiger partial charge in [-0.15, -0.1) is 11.3 Å². The Balaban J connectivity index is 2.12. The van der Waals surface area contributed by atoms with Gasteiger partial charge in [-0.25, -0.2) is 4.68 Å². The third-order valence-electron chi connectivity index (χ3n) is 3.94. The molecule has 0 amide bonds. The van der Waals surface area contributed by atoms with E-state index in [1.807, 2.05) is 55.1 Å². The standard InChI is InChI=1S/C20H19BrN4O2S/c1-13(2)22-20-24(23-14(3)15-4-8-17(21)9-5-15)19(12-28-20)16-6-10-18(11-7-16)25(26)27/h4-13H,1-3H3. The van der Waals surface area contributed by atoms with Crippen molar-refractivity contribution in [2.75, 3.05) is 0 Å². The van der Waals surface area contributed by atoms with Crippen LogP contribution in [0.25, 0.3) is 11.3 Å². The zero-order valence-corrected chi connectivity index (χ0v) is 18.1. The maximum absolute atomic E-state index is 10.9. The molecule has 2 aromatic carbocycles. The second-order valence-corrected chi connectivity index (χ2v) is 8.19. The molecule has 144 valence electrons. The fourth-order valence-corrected chi connectivity index (χ4v) is 3.79. The lowest BCUT2D eigenvalue weighted by molar-refractivity contribution is -0.384. The van der Waals surface area contributed by atoms with Gasteiger partial charge in [0.15, 0.2) is 0 Å². The van der Waals surface area contributed by atoms with E-state index in [4.69, 9.17) is 5.10 Å². The molecule has 1 aromatic heterocycles. The zero-order chi connectivity index (χ0) is 20.3. The summed E-state index contributed by atoms with van der Waals surface area (Å²) in [6, 6.07) is 14.6. The van der Waals surface area contributed by atoms with Gasteiger partial charge in [-0.3, -0.25) is 15.1 Å². The number of nitro benzene ring substituents is 1. The third-order valence-corrected chi connectivity index (χ3v) is 5.30. The summed E-state index contributed by atoms with van der Waals surface area (Å²) >= 11 is 4.94. The minimum absolute atomic E-state index is 0.0622. The maximum atomic E-state index is 10.9. The van der Waals surface area contributed by atoms with Crippen molar-refractivity contribution in [2.45, 2.75) is 26.8 Å². The van der Waals surface area contributed by atoms with Crippen LogP contribution in [0, 0.1) is 10.1 Å². The number of rotatable bonds is 5. The Labute approximate surface area is 175 Å². The molecule has 0 aliphatic carbocycles. The molecular formula is C20H19BrN4O2S. The van der Waals surface area contributed by atoms with Gasteiger partial charge >= 0.3 is 0 Å². The number of non-ortho nitro benzene ring substituents is 1. The topological polar surface area (TPSA) is 72.8 Å². The number of hydrogen-bond acceptors (Lipinski definition) is 5. The van der Waals surface area contributed by atoms with Crippen LogP contribution in [-0.2, 0) is 0 Å². The number of aromatic nitrogens is 1. The van der Waals surface area contributed by atoms with Gasteiger partial charge in [-0.05, 0) is 50.6 Å². The highest BCUT2D eigenvalue weighted by Gasteiger charge is 2.11. The van der Waals surface area contributed by atoms with Crippen LogP contribution in [0.1, 0.15) is 26.3 Å². The van der Waals surface area contributed by atoms with Crippen molar-refractivity contribution in [3.8, 4) is 11.3 Å². The fraction of sp³-hybridized carbons (Fsp3) is 0.200. The molecule has 0 N–H and O–H groups in total. The second kappa shape index (κ2) is 8.62. The highest BCUT2D eigenvalue weighted by Crippen LogP contribution is 2.23. The number of nitrogens with zero attached hydrogens (tertiary/aromatic N) is 4. The number of nitro groups is 1. The lowest BCUT2D eigenvalue weighted by atomic mass is 10.1. The number of benzene rings is 2. The summed E-state index contributed by atoms with van der Waals surface area (Å²) in [5, 5.41) is 17.7. The Hall–Kier alpha value is -2.58. The van der Waals surface area contributed by atoms with Crippen LogP contribution in [0.5, 0.6) is 0 Å². The van der Waals surface area contributed by atoms with E-state index in [2.05, 4.69) is 20.9 Å². The van der Waals surface area contributed by atoms with Gasteiger partial charge in [0.05, 0.1) is 16.3 Å². The average Bonchev–Trinajstić information content (AvgIpc) is 3.04. The smallest absolute Gasteiger partial charge is 0.258 e. The molecule has 28 heavy (non-hydrogen) atoms. The Bertz CT molecular complexity index is 1080. The first kappa shape index (κ1) is 20.2. The molecule has 6 nitrogen and oxygen atoms in total. The minimum atomic E-state index is -0.402. The summed E-state index contributed by atoms with van der Waals surface area (Å²) in [5.41, 5.74) is 3.61. The van der Waals surface area contributed by atoms with Crippen LogP contribution in [0.3, 0.4) is 0 Å². The third kappa shape index (κ3) is 4.63. The van der Waals surface area contributed by atoms with Crippen LogP contribution in [0.15, 0.2) is 68.5 Å². The number of thiazole rings is 1. The van der Waals surface area contributed by atoms with E-state index in [1.54, 1.807) is 12.1 Å². The quantitative estimate of drug-likeness (QED) is 0.288. The Morgan fingerprint density at radius 2 is 1.79 bits per heavy atom. The second-order valence-electron chi connectivity index (χ2n) is 6.43. The molecule has 0 aliphatic heterocycles. The van der Waals surface area contributed by atoms with Crippen molar-refractivity contribution in [1.29, 1.82) is 0 Å². The molecule has 0 aliphatic rings. The largest absolute Gasteiger partial charge is 0.269 e. The minimum Gasteiger partial charge on any atom is -0.258 e. The molecule has 0 atom stereocenters. The highest BCUT2D eigenvalue weighted by molar-refractivity contribution is 9.10. The summed E-state index contributed by atoms with van der Waals surface area (Å²) in [4.78, 5) is 16.0. The Kier molecular flexibility index (Phi) is 6.21. The van der Waals surface area contributed by atoms with Crippen molar-refractivity contribution >= 4 is 38.7 Å². The first-order chi connectivity index (χ1) is 13.3.